The molecule has 0 spiro atoms. The van der Waals surface area contributed by atoms with E-state index in [2.05, 4.69) is 30.7 Å². The number of likely N-dealkylation sites (N-methyl/N-ethyl adjacent to an activating group) is 1. The number of hydrogen-bond donors (Lipinski definition) is 1. The largest absolute Gasteiger partial charge is 0.327 e. The standard InChI is InChI=1S/C16H33N3/c1-4-5-14-6-7-16(17)15(10-14)12-19-9-8-18(3)11-13(19)2/h13-16H,4-12,17H2,1-3H3. The van der Waals surface area contributed by atoms with Crippen molar-refractivity contribution in [3.8, 4) is 0 Å². The minimum Gasteiger partial charge on any atom is -0.327 e. The molecule has 2 rings (SSSR count). The van der Waals surface area contributed by atoms with E-state index < -0.39 is 0 Å². The van der Waals surface area contributed by atoms with Crippen LogP contribution in [0.1, 0.15) is 46.0 Å². The maximum atomic E-state index is 6.39. The van der Waals surface area contributed by atoms with E-state index >= 15 is 0 Å². The van der Waals surface area contributed by atoms with Crippen LogP contribution in [-0.4, -0.2) is 55.1 Å². The van der Waals surface area contributed by atoms with E-state index in [9.17, 15) is 0 Å². The number of hydrogen-bond acceptors (Lipinski definition) is 3. The summed E-state index contributed by atoms with van der Waals surface area (Å²) in [5.41, 5.74) is 6.39. The second-order valence-electron chi connectivity index (χ2n) is 7.00. The summed E-state index contributed by atoms with van der Waals surface area (Å²) < 4.78 is 0. The summed E-state index contributed by atoms with van der Waals surface area (Å²) in [7, 11) is 2.23. The summed E-state index contributed by atoms with van der Waals surface area (Å²) in [6.45, 7) is 9.56. The van der Waals surface area contributed by atoms with Gasteiger partial charge < -0.3 is 10.6 Å². The van der Waals surface area contributed by atoms with E-state index in [-0.39, 0.29) is 0 Å². The van der Waals surface area contributed by atoms with Crippen molar-refractivity contribution in [3.05, 3.63) is 0 Å². The van der Waals surface area contributed by atoms with Crippen molar-refractivity contribution in [2.75, 3.05) is 33.2 Å². The summed E-state index contributed by atoms with van der Waals surface area (Å²) in [6, 6.07) is 1.14. The van der Waals surface area contributed by atoms with Crippen molar-refractivity contribution in [1.29, 1.82) is 0 Å². The molecule has 1 heterocycles. The Kier molecular flexibility index (Phi) is 5.67. The summed E-state index contributed by atoms with van der Waals surface area (Å²) in [4.78, 5) is 5.13. The zero-order valence-corrected chi connectivity index (χ0v) is 13.1. The molecular formula is C16H33N3. The highest BCUT2D eigenvalue weighted by Gasteiger charge is 2.31. The molecule has 1 aliphatic heterocycles. The molecule has 3 heteroatoms. The van der Waals surface area contributed by atoms with Crippen LogP contribution in [0.15, 0.2) is 0 Å². The second kappa shape index (κ2) is 7.05. The first-order valence-corrected chi connectivity index (χ1v) is 8.28. The molecule has 4 unspecified atom stereocenters. The van der Waals surface area contributed by atoms with Crippen molar-refractivity contribution in [1.82, 2.24) is 9.80 Å². The van der Waals surface area contributed by atoms with Gasteiger partial charge in [0, 0.05) is 38.3 Å². The third-order valence-corrected chi connectivity index (χ3v) is 5.28. The highest BCUT2D eigenvalue weighted by atomic mass is 15.3. The van der Waals surface area contributed by atoms with E-state index in [0.717, 1.165) is 11.8 Å². The van der Waals surface area contributed by atoms with Crippen molar-refractivity contribution in [2.24, 2.45) is 17.6 Å². The van der Waals surface area contributed by atoms with Gasteiger partial charge in [-0.05, 0) is 45.1 Å². The molecule has 0 radical (unpaired) electrons. The summed E-state index contributed by atoms with van der Waals surface area (Å²) in [5, 5.41) is 0. The molecule has 2 fully saturated rings. The van der Waals surface area contributed by atoms with E-state index in [1.165, 1.54) is 58.3 Å². The Balaban J connectivity index is 1.85. The lowest BCUT2D eigenvalue weighted by atomic mass is 9.76. The number of nitrogens with zero attached hydrogens (tertiary/aromatic N) is 2. The second-order valence-corrected chi connectivity index (χ2v) is 7.00. The summed E-state index contributed by atoms with van der Waals surface area (Å²) >= 11 is 0. The van der Waals surface area contributed by atoms with Crippen LogP contribution in [0.3, 0.4) is 0 Å². The molecule has 19 heavy (non-hydrogen) atoms. The zero-order chi connectivity index (χ0) is 13.8. The van der Waals surface area contributed by atoms with Crippen LogP contribution >= 0.6 is 0 Å². The molecule has 2 aliphatic rings. The third-order valence-electron chi connectivity index (χ3n) is 5.28. The zero-order valence-electron chi connectivity index (χ0n) is 13.1. The first-order valence-electron chi connectivity index (χ1n) is 8.28. The van der Waals surface area contributed by atoms with Crippen LogP contribution < -0.4 is 5.73 Å². The molecule has 1 aliphatic carbocycles. The predicted molar refractivity (Wildman–Crippen MR) is 82.2 cm³/mol. The molecule has 112 valence electrons. The van der Waals surface area contributed by atoms with E-state index in [1.54, 1.807) is 0 Å². The van der Waals surface area contributed by atoms with Gasteiger partial charge in [0.25, 0.3) is 0 Å². The van der Waals surface area contributed by atoms with Crippen molar-refractivity contribution >= 4 is 0 Å². The van der Waals surface area contributed by atoms with Crippen molar-refractivity contribution < 1.29 is 0 Å². The van der Waals surface area contributed by atoms with Gasteiger partial charge in [0.15, 0.2) is 0 Å². The minimum atomic E-state index is 0.444. The maximum absolute atomic E-state index is 6.39. The topological polar surface area (TPSA) is 32.5 Å². The van der Waals surface area contributed by atoms with Gasteiger partial charge in [-0.1, -0.05) is 19.8 Å². The number of nitrogens with two attached hydrogens (primary N) is 1. The maximum Gasteiger partial charge on any atom is 0.0195 e. The van der Waals surface area contributed by atoms with Gasteiger partial charge in [0.2, 0.25) is 0 Å². The van der Waals surface area contributed by atoms with Crippen LogP contribution in [0, 0.1) is 11.8 Å². The van der Waals surface area contributed by atoms with E-state index in [1.807, 2.05) is 0 Å². The highest BCUT2D eigenvalue weighted by Crippen LogP contribution is 2.32. The van der Waals surface area contributed by atoms with Gasteiger partial charge in [-0.15, -0.1) is 0 Å². The molecule has 1 saturated heterocycles. The Hall–Kier alpha value is -0.120. The Morgan fingerprint density at radius 3 is 2.68 bits per heavy atom. The molecule has 0 aromatic carbocycles. The quantitative estimate of drug-likeness (QED) is 0.847. The minimum absolute atomic E-state index is 0.444. The lowest BCUT2D eigenvalue weighted by Crippen LogP contribution is -2.54. The van der Waals surface area contributed by atoms with Crippen LogP contribution in [0.4, 0.5) is 0 Å². The molecule has 0 aromatic heterocycles. The average Bonchev–Trinajstić information content (AvgIpc) is 2.37. The number of rotatable bonds is 4. The fourth-order valence-electron chi connectivity index (χ4n) is 4.01. The van der Waals surface area contributed by atoms with Gasteiger partial charge in [-0.3, -0.25) is 4.90 Å². The first-order chi connectivity index (χ1) is 9.10. The van der Waals surface area contributed by atoms with Gasteiger partial charge in [0.1, 0.15) is 0 Å². The third kappa shape index (κ3) is 4.17. The van der Waals surface area contributed by atoms with Gasteiger partial charge in [0.05, 0.1) is 0 Å². The van der Waals surface area contributed by atoms with Crippen LogP contribution in [0.25, 0.3) is 0 Å². The van der Waals surface area contributed by atoms with Gasteiger partial charge in [-0.25, -0.2) is 0 Å². The number of piperazine rings is 1. The average molecular weight is 267 g/mol. The first kappa shape index (κ1) is 15.3. The predicted octanol–water partition coefficient (Wildman–Crippen LogP) is 2.17. The summed E-state index contributed by atoms with van der Waals surface area (Å²) in [5.74, 6) is 1.67. The molecule has 1 saturated carbocycles. The lowest BCUT2D eigenvalue weighted by Gasteiger charge is -2.43. The molecule has 3 nitrogen and oxygen atoms in total. The molecular weight excluding hydrogens is 234 g/mol. The molecule has 0 bridgehead atoms. The normalized spacial score (nSPS) is 38.5. The lowest BCUT2D eigenvalue weighted by molar-refractivity contribution is 0.0658. The molecule has 4 atom stereocenters. The molecule has 2 N–H and O–H groups in total. The highest BCUT2D eigenvalue weighted by molar-refractivity contribution is 4.87. The van der Waals surface area contributed by atoms with Crippen molar-refractivity contribution in [2.45, 2.75) is 58.0 Å². The monoisotopic (exact) mass is 267 g/mol. The van der Waals surface area contributed by atoms with Crippen molar-refractivity contribution in [3.63, 3.8) is 0 Å². The Morgan fingerprint density at radius 2 is 2.00 bits per heavy atom. The van der Waals surface area contributed by atoms with Crippen LogP contribution in [0.2, 0.25) is 0 Å². The van der Waals surface area contributed by atoms with Crippen LogP contribution in [-0.2, 0) is 0 Å². The fraction of sp³-hybridized carbons (Fsp3) is 1.00. The Morgan fingerprint density at radius 1 is 1.21 bits per heavy atom. The fourth-order valence-corrected chi connectivity index (χ4v) is 4.01. The Bertz CT molecular complexity index is 269. The van der Waals surface area contributed by atoms with E-state index in [0.29, 0.717) is 12.1 Å². The van der Waals surface area contributed by atoms with Crippen LogP contribution in [0.5, 0.6) is 0 Å². The summed E-state index contributed by atoms with van der Waals surface area (Å²) in [6.07, 6.45) is 6.72. The Labute approximate surface area is 119 Å². The molecule has 0 aromatic rings. The molecule has 0 amide bonds. The van der Waals surface area contributed by atoms with Gasteiger partial charge >= 0.3 is 0 Å². The van der Waals surface area contributed by atoms with E-state index in [4.69, 9.17) is 5.73 Å². The smallest absolute Gasteiger partial charge is 0.0195 e. The van der Waals surface area contributed by atoms with Gasteiger partial charge in [-0.2, -0.15) is 0 Å². The SMILES string of the molecule is CCCC1CCC(N)C(CN2CCN(C)CC2C)C1.